The highest BCUT2D eigenvalue weighted by atomic mass is 16.3. The third kappa shape index (κ3) is 4.35. The van der Waals surface area contributed by atoms with E-state index in [2.05, 4.69) is 5.32 Å². The maximum atomic E-state index is 12.1. The minimum absolute atomic E-state index is 0.0460. The Bertz CT molecular complexity index is 409. The average molecular weight is 261 g/mol. The predicted octanol–water partition coefficient (Wildman–Crippen LogP) is 2.77. The van der Waals surface area contributed by atoms with Crippen LogP contribution in [0.2, 0.25) is 0 Å². The average Bonchev–Trinajstić information content (AvgIpc) is 2.74. The first-order valence-electron chi connectivity index (χ1n) is 7.26. The third-order valence-electron chi connectivity index (χ3n) is 3.87. The molecule has 2 rings (SSSR count). The van der Waals surface area contributed by atoms with Gasteiger partial charge in [-0.1, -0.05) is 49.9 Å². The number of carbonyl (C=O) groups excluding carboxylic acids is 1. The van der Waals surface area contributed by atoms with Crippen molar-refractivity contribution in [1.29, 1.82) is 0 Å². The van der Waals surface area contributed by atoms with Gasteiger partial charge in [0.15, 0.2) is 0 Å². The summed E-state index contributed by atoms with van der Waals surface area (Å²) in [5.74, 6) is 0.389. The van der Waals surface area contributed by atoms with Crippen LogP contribution in [0.15, 0.2) is 24.3 Å². The van der Waals surface area contributed by atoms with Crippen molar-refractivity contribution in [3.63, 3.8) is 0 Å². The van der Waals surface area contributed by atoms with Crippen molar-refractivity contribution in [3.05, 3.63) is 35.4 Å². The van der Waals surface area contributed by atoms with Crippen LogP contribution in [0.5, 0.6) is 0 Å². The smallest absolute Gasteiger partial charge is 0.223 e. The van der Waals surface area contributed by atoms with Gasteiger partial charge in [-0.25, -0.2) is 0 Å². The van der Waals surface area contributed by atoms with Crippen molar-refractivity contribution in [1.82, 2.24) is 5.32 Å². The summed E-state index contributed by atoms with van der Waals surface area (Å²) >= 11 is 0. The number of hydrogen-bond acceptors (Lipinski definition) is 2. The van der Waals surface area contributed by atoms with Gasteiger partial charge in [-0.05, 0) is 24.0 Å². The second-order valence-electron chi connectivity index (χ2n) is 5.38. The third-order valence-corrected chi connectivity index (χ3v) is 3.87. The lowest BCUT2D eigenvalue weighted by Gasteiger charge is -2.14. The van der Waals surface area contributed by atoms with Crippen LogP contribution in [-0.2, 0) is 17.9 Å². The molecule has 0 heterocycles. The highest BCUT2D eigenvalue weighted by molar-refractivity contribution is 5.78. The van der Waals surface area contributed by atoms with Crippen LogP contribution >= 0.6 is 0 Å². The van der Waals surface area contributed by atoms with Crippen molar-refractivity contribution in [2.24, 2.45) is 5.92 Å². The molecule has 0 aromatic heterocycles. The molecule has 1 aromatic carbocycles. The second-order valence-corrected chi connectivity index (χ2v) is 5.38. The molecule has 1 amide bonds. The van der Waals surface area contributed by atoms with E-state index in [4.69, 9.17) is 5.11 Å². The molecular formula is C16H23NO2. The van der Waals surface area contributed by atoms with Crippen molar-refractivity contribution in [2.75, 3.05) is 0 Å². The van der Waals surface area contributed by atoms with Gasteiger partial charge in [0.2, 0.25) is 5.91 Å². The van der Waals surface area contributed by atoms with Gasteiger partial charge >= 0.3 is 0 Å². The molecule has 0 spiro atoms. The summed E-state index contributed by atoms with van der Waals surface area (Å²) in [4.78, 5) is 12.1. The summed E-state index contributed by atoms with van der Waals surface area (Å²) < 4.78 is 0. The monoisotopic (exact) mass is 261 g/mol. The quantitative estimate of drug-likeness (QED) is 0.819. The van der Waals surface area contributed by atoms with E-state index in [0.29, 0.717) is 6.54 Å². The lowest BCUT2D eigenvalue weighted by Crippen LogP contribution is -2.30. The molecule has 0 atom stereocenters. The maximum Gasteiger partial charge on any atom is 0.223 e. The molecule has 1 aromatic rings. The van der Waals surface area contributed by atoms with Gasteiger partial charge in [0, 0.05) is 12.5 Å². The zero-order valence-electron chi connectivity index (χ0n) is 11.4. The summed E-state index contributed by atoms with van der Waals surface area (Å²) in [5, 5.41) is 12.1. The highest BCUT2D eigenvalue weighted by Crippen LogP contribution is 2.22. The van der Waals surface area contributed by atoms with Crippen LogP contribution in [0, 0.1) is 5.92 Å². The molecule has 19 heavy (non-hydrogen) atoms. The summed E-state index contributed by atoms with van der Waals surface area (Å²) in [6.07, 6.45) is 6.95. The number of benzene rings is 1. The highest BCUT2D eigenvalue weighted by Gasteiger charge is 2.19. The van der Waals surface area contributed by atoms with E-state index in [9.17, 15) is 4.79 Å². The van der Waals surface area contributed by atoms with Gasteiger partial charge in [0.25, 0.3) is 0 Å². The van der Waals surface area contributed by atoms with E-state index >= 15 is 0 Å². The number of carbonyl (C=O) groups is 1. The Morgan fingerprint density at radius 3 is 2.53 bits per heavy atom. The number of hydrogen-bond donors (Lipinski definition) is 2. The first kappa shape index (κ1) is 14.1. The lowest BCUT2D eigenvalue weighted by molar-refractivity contribution is -0.125. The number of aliphatic hydroxyl groups is 1. The van der Waals surface area contributed by atoms with Crippen LogP contribution in [0.1, 0.15) is 49.7 Å². The predicted molar refractivity (Wildman–Crippen MR) is 75.4 cm³/mol. The van der Waals surface area contributed by atoms with Crippen LogP contribution in [0.3, 0.4) is 0 Å². The minimum Gasteiger partial charge on any atom is -0.392 e. The molecule has 104 valence electrons. The Labute approximate surface area is 115 Å². The van der Waals surface area contributed by atoms with Crippen LogP contribution < -0.4 is 5.32 Å². The van der Waals surface area contributed by atoms with Gasteiger partial charge in [-0.3, -0.25) is 4.79 Å². The van der Waals surface area contributed by atoms with Gasteiger partial charge in [0.05, 0.1) is 6.61 Å². The molecule has 3 nitrogen and oxygen atoms in total. The maximum absolute atomic E-state index is 12.1. The number of aliphatic hydroxyl groups excluding tert-OH is 1. The first-order chi connectivity index (χ1) is 9.29. The molecule has 1 aliphatic carbocycles. The van der Waals surface area contributed by atoms with Crippen molar-refractivity contribution in [2.45, 2.75) is 51.7 Å². The second kappa shape index (κ2) is 7.29. The lowest BCUT2D eigenvalue weighted by atomic mass is 9.99. The summed E-state index contributed by atoms with van der Waals surface area (Å²) in [6, 6.07) is 7.72. The Kier molecular flexibility index (Phi) is 5.40. The van der Waals surface area contributed by atoms with E-state index in [1.165, 1.54) is 25.7 Å². The van der Waals surface area contributed by atoms with Gasteiger partial charge < -0.3 is 10.4 Å². The molecule has 3 heteroatoms. The normalized spacial score (nSPS) is 16.9. The molecule has 0 aliphatic heterocycles. The van der Waals surface area contributed by atoms with E-state index in [1.54, 1.807) is 0 Å². The fourth-order valence-electron chi connectivity index (χ4n) is 2.71. The molecule has 2 N–H and O–H groups in total. The molecule has 1 fully saturated rings. The molecule has 0 unspecified atom stereocenters. The Morgan fingerprint density at radius 1 is 1.16 bits per heavy atom. The van der Waals surface area contributed by atoms with Gasteiger partial charge in [0.1, 0.15) is 0 Å². The summed E-state index contributed by atoms with van der Waals surface area (Å²) in [7, 11) is 0. The fourth-order valence-corrected chi connectivity index (χ4v) is 2.71. The Morgan fingerprint density at radius 2 is 1.84 bits per heavy atom. The molecular weight excluding hydrogens is 238 g/mol. The van der Waals surface area contributed by atoms with E-state index in [-0.39, 0.29) is 18.4 Å². The molecule has 0 bridgehead atoms. The van der Waals surface area contributed by atoms with Crippen LogP contribution in [0.25, 0.3) is 0 Å². The van der Waals surface area contributed by atoms with Gasteiger partial charge in [-0.15, -0.1) is 0 Å². The molecule has 0 saturated heterocycles. The van der Waals surface area contributed by atoms with Crippen molar-refractivity contribution >= 4 is 5.91 Å². The summed E-state index contributed by atoms with van der Waals surface area (Å²) in [5.41, 5.74) is 1.94. The van der Waals surface area contributed by atoms with Crippen LogP contribution in [-0.4, -0.2) is 11.0 Å². The molecule has 0 radical (unpaired) electrons. The standard InChI is InChI=1S/C16H23NO2/c18-12-14-7-5-6-13(10-14)11-17-16(19)15-8-3-1-2-4-9-15/h5-7,10,15,18H,1-4,8-9,11-12H2,(H,17,19). The fraction of sp³-hybridized carbons (Fsp3) is 0.562. The zero-order valence-corrected chi connectivity index (χ0v) is 11.4. The van der Waals surface area contributed by atoms with E-state index < -0.39 is 0 Å². The molecule has 1 saturated carbocycles. The van der Waals surface area contributed by atoms with Crippen molar-refractivity contribution < 1.29 is 9.90 Å². The first-order valence-corrected chi connectivity index (χ1v) is 7.26. The number of rotatable bonds is 4. The summed E-state index contributed by atoms with van der Waals surface area (Å²) in [6.45, 7) is 0.605. The number of amides is 1. The zero-order chi connectivity index (χ0) is 13.5. The molecule has 1 aliphatic rings. The topological polar surface area (TPSA) is 49.3 Å². The SMILES string of the molecule is O=C(NCc1cccc(CO)c1)C1CCCCCC1. The van der Waals surface area contributed by atoms with Gasteiger partial charge in [-0.2, -0.15) is 0 Å². The Balaban J connectivity index is 1.84. The largest absolute Gasteiger partial charge is 0.392 e. The number of nitrogens with one attached hydrogen (secondary N) is 1. The van der Waals surface area contributed by atoms with E-state index in [0.717, 1.165) is 24.0 Å². The van der Waals surface area contributed by atoms with Crippen molar-refractivity contribution in [3.8, 4) is 0 Å². The minimum atomic E-state index is 0.0460. The van der Waals surface area contributed by atoms with Crippen LogP contribution in [0.4, 0.5) is 0 Å². The van der Waals surface area contributed by atoms with E-state index in [1.807, 2.05) is 24.3 Å². The Hall–Kier alpha value is -1.35.